The number of nitrogens with zero attached hydrogens (tertiary/aromatic N) is 3. The van der Waals surface area contributed by atoms with Crippen molar-refractivity contribution in [3.05, 3.63) is 83.9 Å². The normalized spacial score (nSPS) is 10.8. The van der Waals surface area contributed by atoms with Crippen LogP contribution in [0.2, 0.25) is 0 Å². The number of nitrogens with one attached hydrogen (secondary N) is 1. The molecule has 6 nitrogen and oxygen atoms in total. The Morgan fingerprint density at radius 3 is 2.70 bits per heavy atom. The Bertz CT molecular complexity index is 1140. The van der Waals surface area contributed by atoms with Crippen LogP contribution < -0.4 is 5.32 Å². The van der Waals surface area contributed by atoms with E-state index in [1.807, 2.05) is 65.3 Å². The highest BCUT2D eigenvalue weighted by Crippen LogP contribution is 2.26. The van der Waals surface area contributed by atoms with E-state index < -0.39 is 6.09 Å². The molecule has 0 fully saturated rings. The fourth-order valence-corrected chi connectivity index (χ4v) is 4.05. The predicted octanol–water partition coefficient (Wildman–Crippen LogP) is 5.13. The number of carbonyl (C=O) groups is 1. The van der Waals surface area contributed by atoms with Gasteiger partial charge < -0.3 is 4.74 Å². The molecule has 1 aromatic heterocycles. The van der Waals surface area contributed by atoms with Crippen molar-refractivity contribution in [2.75, 3.05) is 17.7 Å². The molecule has 0 bridgehead atoms. The number of rotatable bonds is 7. The van der Waals surface area contributed by atoms with Crippen LogP contribution in [-0.4, -0.2) is 33.4 Å². The summed E-state index contributed by atoms with van der Waals surface area (Å²) in [6.45, 7) is 3.11. The second kappa shape index (κ2) is 9.45. The lowest BCUT2D eigenvalue weighted by Gasteiger charge is -2.12. The zero-order chi connectivity index (χ0) is 20.8. The standard InChI is InChI=1S/C23H22N4O2S/c1-17-18(16-27-21-12-6-5-11-20(21)25-26-27)8-7-13-22(17)30-15-14-29-23(28)24-19-9-3-2-4-10-19/h2-13H,14-16H2,1H3,(H,24,28). The first-order valence-electron chi connectivity index (χ1n) is 9.69. The van der Waals surface area contributed by atoms with E-state index in [1.165, 1.54) is 16.0 Å². The van der Waals surface area contributed by atoms with Crippen molar-refractivity contribution in [3.8, 4) is 0 Å². The number of hydrogen-bond acceptors (Lipinski definition) is 5. The minimum absolute atomic E-state index is 0.334. The number of fused-ring (bicyclic) bond motifs is 1. The number of ether oxygens (including phenoxy) is 1. The van der Waals surface area contributed by atoms with Crippen LogP contribution in [0.5, 0.6) is 0 Å². The monoisotopic (exact) mass is 418 g/mol. The van der Waals surface area contributed by atoms with Crippen molar-refractivity contribution in [1.29, 1.82) is 0 Å². The molecule has 0 aliphatic carbocycles. The molecule has 0 aliphatic heterocycles. The molecule has 1 amide bonds. The zero-order valence-corrected chi connectivity index (χ0v) is 17.4. The number of carbonyl (C=O) groups excluding carboxylic acids is 1. The Morgan fingerprint density at radius 1 is 1.03 bits per heavy atom. The summed E-state index contributed by atoms with van der Waals surface area (Å²) in [5.74, 6) is 0.679. The molecule has 30 heavy (non-hydrogen) atoms. The van der Waals surface area contributed by atoms with Crippen molar-refractivity contribution in [1.82, 2.24) is 15.0 Å². The van der Waals surface area contributed by atoms with E-state index in [-0.39, 0.29) is 0 Å². The molecular formula is C23H22N4O2S. The molecule has 0 saturated heterocycles. The summed E-state index contributed by atoms with van der Waals surface area (Å²) in [6, 6.07) is 23.5. The second-order valence-corrected chi connectivity index (χ2v) is 7.89. The lowest BCUT2D eigenvalue weighted by atomic mass is 10.1. The summed E-state index contributed by atoms with van der Waals surface area (Å²) in [6.07, 6.45) is -0.440. The van der Waals surface area contributed by atoms with E-state index in [2.05, 4.69) is 34.7 Å². The van der Waals surface area contributed by atoms with E-state index in [0.717, 1.165) is 16.7 Å². The molecule has 0 radical (unpaired) electrons. The minimum atomic E-state index is -0.440. The topological polar surface area (TPSA) is 69.0 Å². The Morgan fingerprint density at radius 2 is 1.83 bits per heavy atom. The summed E-state index contributed by atoms with van der Waals surface area (Å²) in [7, 11) is 0. The van der Waals surface area contributed by atoms with Crippen molar-refractivity contribution in [3.63, 3.8) is 0 Å². The van der Waals surface area contributed by atoms with Gasteiger partial charge in [-0.2, -0.15) is 0 Å². The molecule has 4 rings (SSSR count). The maximum atomic E-state index is 11.9. The highest BCUT2D eigenvalue weighted by Gasteiger charge is 2.09. The highest BCUT2D eigenvalue weighted by molar-refractivity contribution is 7.99. The molecule has 4 aromatic rings. The second-order valence-electron chi connectivity index (χ2n) is 6.75. The fraction of sp³-hybridized carbons (Fsp3) is 0.174. The summed E-state index contributed by atoms with van der Waals surface area (Å²) in [4.78, 5) is 13.0. The molecule has 1 N–H and O–H groups in total. The lowest BCUT2D eigenvalue weighted by Crippen LogP contribution is -2.15. The minimum Gasteiger partial charge on any atom is -0.448 e. The van der Waals surface area contributed by atoms with E-state index in [1.54, 1.807) is 11.8 Å². The third-order valence-electron chi connectivity index (χ3n) is 4.73. The van der Waals surface area contributed by atoms with Crippen LogP contribution in [0.4, 0.5) is 10.5 Å². The van der Waals surface area contributed by atoms with Crippen LogP contribution in [-0.2, 0) is 11.3 Å². The average molecular weight is 419 g/mol. The Hall–Kier alpha value is -3.32. The molecule has 0 aliphatic rings. The molecule has 3 aromatic carbocycles. The van der Waals surface area contributed by atoms with Gasteiger partial charge in [-0.15, -0.1) is 16.9 Å². The average Bonchev–Trinajstić information content (AvgIpc) is 3.17. The third kappa shape index (κ3) is 4.80. The first kappa shape index (κ1) is 20.0. The van der Waals surface area contributed by atoms with Gasteiger partial charge in [0.05, 0.1) is 12.1 Å². The quantitative estimate of drug-likeness (QED) is 0.333. The van der Waals surface area contributed by atoms with Gasteiger partial charge in [-0.25, -0.2) is 9.48 Å². The molecule has 7 heteroatoms. The van der Waals surface area contributed by atoms with E-state index >= 15 is 0 Å². The van der Waals surface area contributed by atoms with Gasteiger partial charge in [-0.05, 0) is 48.4 Å². The van der Waals surface area contributed by atoms with Crippen LogP contribution in [0.3, 0.4) is 0 Å². The number of benzene rings is 3. The first-order valence-corrected chi connectivity index (χ1v) is 10.7. The van der Waals surface area contributed by atoms with E-state index in [0.29, 0.717) is 18.9 Å². The van der Waals surface area contributed by atoms with Crippen LogP contribution in [0.1, 0.15) is 11.1 Å². The lowest BCUT2D eigenvalue weighted by molar-refractivity contribution is 0.169. The van der Waals surface area contributed by atoms with Gasteiger partial charge in [-0.1, -0.05) is 47.7 Å². The number of hydrogen-bond donors (Lipinski definition) is 1. The highest BCUT2D eigenvalue weighted by atomic mass is 32.2. The van der Waals surface area contributed by atoms with Crippen LogP contribution in [0.25, 0.3) is 11.0 Å². The number of anilines is 1. The number of thioether (sulfide) groups is 1. The van der Waals surface area contributed by atoms with Crippen LogP contribution >= 0.6 is 11.8 Å². The van der Waals surface area contributed by atoms with Gasteiger partial charge in [-0.3, -0.25) is 5.32 Å². The van der Waals surface area contributed by atoms with E-state index in [9.17, 15) is 4.79 Å². The molecule has 1 heterocycles. The summed E-state index contributed by atoms with van der Waals surface area (Å²) in [5, 5.41) is 11.2. The van der Waals surface area contributed by atoms with Gasteiger partial charge in [0.15, 0.2) is 0 Å². The van der Waals surface area contributed by atoms with E-state index in [4.69, 9.17) is 4.74 Å². The smallest absolute Gasteiger partial charge is 0.411 e. The van der Waals surface area contributed by atoms with Crippen molar-refractivity contribution in [2.45, 2.75) is 18.4 Å². The number of para-hydroxylation sites is 2. The Balaban J connectivity index is 1.32. The molecule has 0 unspecified atom stereocenters. The summed E-state index contributed by atoms with van der Waals surface area (Å²) >= 11 is 1.68. The third-order valence-corrected chi connectivity index (χ3v) is 5.85. The van der Waals surface area contributed by atoms with Gasteiger partial charge >= 0.3 is 6.09 Å². The van der Waals surface area contributed by atoms with Crippen molar-refractivity contribution in [2.24, 2.45) is 0 Å². The molecule has 152 valence electrons. The molecule has 0 atom stereocenters. The largest absolute Gasteiger partial charge is 0.448 e. The number of aromatic nitrogens is 3. The van der Waals surface area contributed by atoms with Gasteiger partial charge in [0.1, 0.15) is 12.1 Å². The van der Waals surface area contributed by atoms with Crippen molar-refractivity contribution >= 4 is 34.6 Å². The summed E-state index contributed by atoms with van der Waals surface area (Å²) < 4.78 is 7.20. The fourth-order valence-electron chi connectivity index (χ4n) is 3.14. The first-order chi connectivity index (χ1) is 14.7. The maximum absolute atomic E-state index is 11.9. The predicted molar refractivity (Wildman–Crippen MR) is 120 cm³/mol. The SMILES string of the molecule is Cc1c(Cn2nnc3ccccc32)cccc1SCCOC(=O)Nc1ccccc1. The van der Waals surface area contributed by atoms with Crippen molar-refractivity contribution < 1.29 is 9.53 Å². The Kier molecular flexibility index (Phi) is 6.29. The summed E-state index contributed by atoms with van der Waals surface area (Å²) in [5.41, 5.74) is 5.04. The molecular weight excluding hydrogens is 396 g/mol. The van der Waals surface area contributed by atoms with Gasteiger partial charge in [0, 0.05) is 16.3 Å². The Labute approximate surface area is 179 Å². The van der Waals surface area contributed by atoms with Crippen LogP contribution in [0, 0.1) is 6.92 Å². The number of amides is 1. The van der Waals surface area contributed by atoms with Crippen LogP contribution in [0.15, 0.2) is 77.7 Å². The maximum Gasteiger partial charge on any atom is 0.411 e. The zero-order valence-electron chi connectivity index (χ0n) is 16.6. The van der Waals surface area contributed by atoms with Gasteiger partial charge in [0.2, 0.25) is 0 Å². The van der Waals surface area contributed by atoms with Gasteiger partial charge in [0.25, 0.3) is 0 Å². The molecule has 0 spiro atoms. The molecule has 0 saturated carbocycles.